The normalized spacial score (nSPS) is 20.6. The molecule has 1 N–H and O–H groups in total. The molecule has 12 heteroatoms. The third kappa shape index (κ3) is 25.4. The fourth-order valence-corrected chi connectivity index (χ4v) is 8.12. The quantitative estimate of drug-likeness (QED) is 0.0277. The Kier molecular flexibility index (Phi) is 33.7. The van der Waals surface area contributed by atoms with E-state index in [1.54, 1.807) is 13.2 Å². The summed E-state index contributed by atoms with van der Waals surface area (Å²) in [5.41, 5.74) is 0. The molecule has 0 bridgehead atoms. The zero-order valence-corrected chi connectivity index (χ0v) is 37.4. The van der Waals surface area contributed by atoms with E-state index in [0.29, 0.717) is 12.8 Å². The summed E-state index contributed by atoms with van der Waals surface area (Å²) < 4.78 is 61.8. The Morgan fingerprint density at radius 2 is 1.37 bits per heavy atom. The van der Waals surface area contributed by atoms with Crippen molar-refractivity contribution in [3.8, 4) is 0 Å². The van der Waals surface area contributed by atoms with Crippen molar-refractivity contribution in [1.29, 1.82) is 0 Å². The molecule has 0 aliphatic carbocycles. The number of allylic oxidation sites excluding steroid dienone is 3. The first kappa shape index (κ1) is 53.2. The third-order valence-electron chi connectivity index (χ3n) is 9.98. The Hall–Kier alpha value is -1.82. The lowest BCUT2D eigenvalue weighted by Crippen LogP contribution is -2.66. The first-order chi connectivity index (χ1) is 27.8. The van der Waals surface area contributed by atoms with Crippen molar-refractivity contribution in [1.82, 2.24) is 5.32 Å². The highest BCUT2D eigenvalue weighted by Gasteiger charge is 2.52. The number of rotatable bonds is 39. The van der Waals surface area contributed by atoms with E-state index >= 15 is 0 Å². The Morgan fingerprint density at radius 3 is 1.95 bits per heavy atom. The zero-order valence-electron chi connectivity index (χ0n) is 36.5. The molecule has 0 aromatic rings. The number of ether oxygens (including phenoxy) is 5. The van der Waals surface area contributed by atoms with E-state index in [2.05, 4.69) is 44.5 Å². The molecule has 57 heavy (non-hydrogen) atoms. The Labute approximate surface area is 347 Å². The molecule has 1 aliphatic heterocycles. The topological polar surface area (TPSA) is 120 Å². The lowest BCUT2D eigenvalue weighted by atomic mass is 9.96. The first-order valence-corrected chi connectivity index (χ1v) is 23.6. The van der Waals surface area contributed by atoms with Crippen LogP contribution in [0.25, 0.3) is 0 Å². The molecule has 0 spiro atoms. The fourth-order valence-electron chi connectivity index (χ4n) is 6.79. The van der Waals surface area contributed by atoms with Gasteiger partial charge in [-0.2, -0.15) is 0 Å². The van der Waals surface area contributed by atoms with Gasteiger partial charge in [0.2, 0.25) is 12.2 Å². The Balaban J connectivity index is 3.04. The maximum Gasteiger partial charge on any atom is 0.475 e. The molecule has 0 unspecified atom stereocenters. The van der Waals surface area contributed by atoms with Gasteiger partial charge in [-0.1, -0.05) is 128 Å². The van der Waals surface area contributed by atoms with Crippen LogP contribution in [0.15, 0.2) is 49.8 Å². The average molecular weight is 828 g/mol. The molecule has 1 saturated heterocycles. The van der Waals surface area contributed by atoms with Gasteiger partial charge in [0.25, 0.3) is 0 Å². The number of methoxy groups -OCH3 is 2. The minimum absolute atomic E-state index is 0.0105. The number of phosphoric ester groups is 1. The van der Waals surface area contributed by atoms with E-state index in [1.165, 1.54) is 96.2 Å². The number of hydrogen-bond acceptors (Lipinski definition) is 10. The minimum atomic E-state index is -4.20. The molecule has 0 aromatic heterocycles. The smallest absolute Gasteiger partial charge is 0.471 e. The van der Waals surface area contributed by atoms with Gasteiger partial charge in [0.05, 0.1) is 32.2 Å². The van der Waals surface area contributed by atoms with Gasteiger partial charge < -0.3 is 29.0 Å². The molecule has 0 aromatic carbocycles. The largest absolute Gasteiger partial charge is 0.475 e. The molecule has 1 heterocycles. The van der Waals surface area contributed by atoms with Crippen LogP contribution in [0.5, 0.6) is 0 Å². The lowest BCUT2D eigenvalue weighted by Gasteiger charge is -2.46. The van der Waals surface area contributed by atoms with E-state index in [0.717, 1.165) is 51.4 Å². The predicted molar refractivity (Wildman–Crippen MR) is 231 cm³/mol. The summed E-state index contributed by atoms with van der Waals surface area (Å²) >= 11 is 0. The van der Waals surface area contributed by atoms with Crippen LogP contribution in [-0.2, 0) is 46.6 Å². The number of carbonyl (C=O) groups is 1. The molecule has 0 radical (unpaired) electrons. The molecule has 1 fully saturated rings. The third-order valence-corrected chi connectivity index (χ3v) is 11.4. The minimum Gasteiger partial charge on any atom is -0.471 e. The summed E-state index contributed by atoms with van der Waals surface area (Å²) in [6, 6.07) is -0.834. The highest BCUT2D eigenvalue weighted by Crippen LogP contribution is 2.52. The molecule has 1 rings (SSSR count). The summed E-state index contributed by atoms with van der Waals surface area (Å²) in [5, 5.41) is 3.14. The number of phosphoric acid groups is 1. The number of carbonyl (C=O) groups excluding carboxylic acids is 1. The van der Waals surface area contributed by atoms with Gasteiger partial charge in [-0.05, 0) is 51.9 Å². The van der Waals surface area contributed by atoms with Crippen molar-refractivity contribution in [2.75, 3.05) is 40.6 Å². The van der Waals surface area contributed by atoms with Crippen LogP contribution in [-0.4, -0.2) is 83.3 Å². The zero-order chi connectivity index (χ0) is 41.8. The van der Waals surface area contributed by atoms with Crippen LogP contribution < -0.4 is 5.32 Å². The average Bonchev–Trinajstić information content (AvgIpc) is 3.21. The van der Waals surface area contributed by atoms with E-state index in [1.807, 2.05) is 6.92 Å². The summed E-state index contributed by atoms with van der Waals surface area (Å²) in [5.74, 6) is -0.160. The van der Waals surface area contributed by atoms with Gasteiger partial charge in [-0.25, -0.2) is 4.57 Å². The molecule has 0 saturated carbocycles. The van der Waals surface area contributed by atoms with E-state index < -0.39 is 38.5 Å². The predicted octanol–water partition coefficient (Wildman–Crippen LogP) is 11.5. The van der Waals surface area contributed by atoms with Crippen molar-refractivity contribution < 1.29 is 46.6 Å². The van der Waals surface area contributed by atoms with Crippen molar-refractivity contribution in [3.05, 3.63) is 49.8 Å². The molecule has 11 nitrogen and oxygen atoms in total. The number of hydrogen-bond donors (Lipinski definition) is 1. The first-order valence-electron chi connectivity index (χ1n) is 22.1. The van der Waals surface area contributed by atoms with Crippen LogP contribution in [0.1, 0.15) is 156 Å². The number of unbranched alkanes of at least 4 members (excludes halogenated alkanes) is 15. The summed E-state index contributed by atoms with van der Waals surface area (Å²) in [6.45, 7) is 13.8. The van der Waals surface area contributed by atoms with E-state index in [-0.39, 0.29) is 38.4 Å². The van der Waals surface area contributed by atoms with Crippen LogP contribution in [0.4, 0.5) is 0 Å². The van der Waals surface area contributed by atoms with Crippen LogP contribution >= 0.6 is 7.82 Å². The van der Waals surface area contributed by atoms with E-state index in [4.69, 9.17) is 37.3 Å². The number of amides is 1. The second-order valence-electron chi connectivity index (χ2n) is 14.9. The highest BCUT2D eigenvalue weighted by molar-refractivity contribution is 7.48. The van der Waals surface area contributed by atoms with Crippen molar-refractivity contribution in [2.45, 2.75) is 192 Å². The van der Waals surface area contributed by atoms with Crippen molar-refractivity contribution >= 4 is 13.7 Å². The van der Waals surface area contributed by atoms with Gasteiger partial charge in [-0.3, -0.25) is 18.4 Å². The molecular formula is C45H82NO10P. The molecule has 1 amide bonds. The van der Waals surface area contributed by atoms with Gasteiger partial charge >= 0.3 is 7.82 Å². The highest BCUT2D eigenvalue weighted by atomic mass is 31.2. The second-order valence-corrected chi connectivity index (χ2v) is 16.5. The SMILES string of the molecule is C=CCOP(=O)(OCC=C)O[C@H]1[C@H](OCC[C@@H](CCCCCCC)OC)[C@@H](NC(=O)CCCCCCCCC/C=C\CCCCCC)[C@@H](O/C=C\C)O[C@@H]1COC. The fraction of sp³-hybridized carbons (Fsp3) is 0.800. The molecular weight excluding hydrogens is 745 g/mol. The molecule has 6 atom stereocenters. The summed E-state index contributed by atoms with van der Waals surface area (Å²) in [6.07, 6.45) is 30.1. The Bertz CT molecular complexity index is 1090. The van der Waals surface area contributed by atoms with Crippen molar-refractivity contribution in [2.24, 2.45) is 0 Å². The molecule has 1 aliphatic rings. The van der Waals surface area contributed by atoms with Crippen LogP contribution in [0.2, 0.25) is 0 Å². The Morgan fingerprint density at radius 1 is 0.789 bits per heavy atom. The van der Waals surface area contributed by atoms with Gasteiger partial charge in [0.15, 0.2) is 0 Å². The van der Waals surface area contributed by atoms with Crippen LogP contribution in [0.3, 0.4) is 0 Å². The maximum atomic E-state index is 14.0. The maximum absolute atomic E-state index is 14.0. The standard InChI is InChI=1S/C45H82NO10P/c1-8-13-15-17-18-19-20-21-22-23-24-25-26-28-30-32-41(47)46-42-44(51-37-33-39(50-7)31-29-27-16-14-9-2)43(40(38-49-6)55-45(42)52-34-10-3)56-57(48,53-35-11-4)54-36-12-5/h10-12,19-20,34,39-40,42-45H,4-5,8-9,13-18,21-33,35-38H2,1-3,6-7H3,(H,46,47)/b20-19-,34-10-/t39-,40-,42-,43-,44-,45+/m1/s1. The number of nitrogens with one attached hydrogen (secondary N) is 1. The van der Waals surface area contributed by atoms with Gasteiger partial charge in [0, 0.05) is 27.2 Å². The van der Waals surface area contributed by atoms with Crippen molar-refractivity contribution in [3.63, 3.8) is 0 Å². The van der Waals surface area contributed by atoms with Gasteiger partial charge in [0.1, 0.15) is 24.4 Å². The second kappa shape index (κ2) is 36.1. The summed E-state index contributed by atoms with van der Waals surface area (Å²) in [4.78, 5) is 13.6. The van der Waals surface area contributed by atoms with Gasteiger partial charge in [-0.15, -0.1) is 13.2 Å². The summed E-state index contributed by atoms with van der Waals surface area (Å²) in [7, 11) is -0.950. The monoisotopic (exact) mass is 828 g/mol. The van der Waals surface area contributed by atoms with Crippen LogP contribution in [0, 0.1) is 0 Å². The molecule has 332 valence electrons. The lowest BCUT2D eigenvalue weighted by molar-refractivity contribution is -0.262. The van der Waals surface area contributed by atoms with E-state index in [9.17, 15) is 9.36 Å².